The highest BCUT2D eigenvalue weighted by molar-refractivity contribution is 4.82. The molecule has 0 radical (unpaired) electrons. The molecule has 0 aromatic carbocycles. The summed E-state index contributed by atoms with van der Waals surface area (Å²) >= 11 is 0. The Labute approximate surface area is 99.1 Å². The Balaban J connectivity index is 2.17. The van der Waals surface area contributed by atoms with E-state index in [1.807, 2.05) is 0 Å². The van der Waals surface area contributed by atoms with Crippen molar-refractivity contribution in [2.75, 3.05) is 40.0 Å². The number of likely N-dealkylation sites (tertiary alicyclic amines) is 1. The van der Waals surface area contributed by atoms with Gasteiger partial charge in [-0.2, -0.15) is 0 Å². The average molecular weight is 230 g/mol. The molecule has 16 heavy (non-hydrogen) atoms. The van der Waals surface area contributed by atoms with Crippen molar-refractivity contribution in [3.05, 3.63) is 0 Å². The maximum Gasteiger partial charge on any atom is 0.0700 e. The second-order valence-corrected chi connectivity index (χ2v) is 4.56. The topological polar surface area (TPSA) is 47.7 Å². The van der Waals surface area contributed by atoms with Gasteiger partial charge in [-0.25, -0.2) is 0 Å². The maximum atomic E-state index is 6.01. The third-order valence-electron chi connectivity index (χ3n) is 3.23. The fourth-order valence-corrected chi connectivity index (χ4v) is 2.32. The van der Waals surface area contributed by atoms with Crippen molar-refractivity contribution in [1.29, 1.82) is 0 Å². The minimum absolute atomic E-state index is 0.263. The predicted molar refractivity (Wildman–Crippen MR) is 65.6 cm³/mol. The third kappa shape index (κ3) is 4.78. The van der Waals surface area contributed by atoms with Gasteiger partial charge in [-0.3, -0.25) is 4.90 Å². The summed E-state index contributed by atoms with van der Waals surface area (Å²) in [6.07, 6.45) is 3.84. The molecule has 0 aromatic heterocycles. The van der Waals surface area contributed by atoms with Crippen LogP contribution in [0.5, 0.6) is 0 Å². The Bertz CT molecular complexity index is 176. The van der Waals surface area contributed by atoms with Crippen LogP contribution in [-0.2, 0) is 9.47 Å². The first kappa shape index (κ1) is 13.9. The third-order valence-corrected chi connectivity index (χ3v) is 3.23. The summed E-state index contributed by atoms with van der Waals surface area (Å²) in [6.45, 7) is 6.42. The first-order valence-electron chi connectivity index (χ1n) is 6.32. The quantitative estimate of drug-likeness (QED) is 0.659. The minimum Gasteiger partial charge on any atom is -0.382 e. The molecule has 0 amide bonds. The summed E-state index contributed by atoms with van der Waals surface area (Å²) in [5.41, 5.74) is 6.01. The Hall–Kier alpha value is -0.160. The molecule has 1 heterocycles. The molecule has 1 rings (SSSR count). The van der Waals surface area contributed by atoms with Crippen LogP contribution in [0.25, 0.3) is 0 Å². The SMILES string of the molecule is COCCOCCN1CCCCC1C(C)N. The zero-order valence-electron chi connectivity index (χ0n) is 10.7. The van der Waals surface area contributed by atoms with Crippen LogP contribution in [0.4, 0.5) is 0 Å². The molecule has 0 saturated carbocycles. The number of nitrogens with two attached hydrogens (primary N) is 1. The van der Waals surface area contributed by atoms with Gasteiger partial charge in [0.25, 0.3) is 0 Å². The van der Waals surface area contributed by atoms with Crippen LogP contribution in [0.3, 0.4) is 0 Å². The van der Waals surface area contributed by atoms with Crippen LogP contribution in [0.1, 0.15) is 26.2 Å². The molecular weight excluding hydrogens is 204 g/mol. The largest absolute Gasteiger partial charge is 0.382 e. The number of rotatable bonds is 7. The molecule has 2 N–H and O–H groups in total. The Kier molecular flexibility index (Phi) is 6.96. The fourth-order valence-electron chi connectivity index (χ4n) is 2.32. The van der Waals surface area contributed by atoms with Gasteiger partial charge in [0, 0.05) is 25.7 Å². The molecule has 2 unspecified atom stereocenters. The van der Waals surface area contributed by atoms with Crippen molar-refractivity contribution in [3.63, 3.8) is 0 Å². The summed E-state index contributed by atoms with van der Waals surface area (Å²) in [6, 6.07) is 0.805. The normalized spacial score (nSPS) is 24.6. The van der Waals surface area contributed by atoms with E-state index in [-0.39, 0.29) is 6.04 Å². The molecule has 2 atom stereocenters. The van der Waals surface area contributed by atoms with Crippen molar-refractivity contribution in [1.82, 2.24) is 4.90 Å². The van der Waals surface area contributed by atoms with Crippen molar-refractivity contribution in [2.24, 2.45) is 5.73 Å². The molecule has 1 aliphatic rings. The monoisotopic (exact) mass is 230 g/mol. The summed E-state index contributed by atoms with van der Waals surface area (Å²) in [4.78, 5) is 2.47. The highest BCUT2D eigenvalue weighted by Crippen LogP contribution is 2.18. The standard InChI is InChI=1S/C12H26N2O2/c1-11(13)12-5-3-4-6-14(12)7-8-16-10-9-15-2/h11-12H,3-10,13H2,1-2H3. The van der Waals surface area contributed by atoms with Gasteiger partial charge in [0.1, 0.15) is 0 Å². The van der Waals surface area contributed by atoms with Crippen molar-refractivity contribution >= 4 is 0 Å². The number of nitrogens with zero attached hydrogens (tertiary/aromatic N) is 1. The van der Waals surface area contributed by atoms with Crippen LogP contribution in [0.15, 0.2) is 0 Å². The van der Waals surface area contributed by atoms with E-state index in [1.165, 1.54) is 25.8 Å². The maximum absolute atomic E-state index is 6.01. The molecule has 0 aliphatic carbocycles. The van der Waals surface area contributed by atoms with Gasteiger partial charge >= 0.3 is 0 Å². The van der Waals surface area contributed by atoms with Crippen LogP contribution >= 0.6 is 0 Å². The second kappa shape index (κ2) is 8.01. The number of methoxy groups -OCH3 is 1. The van der Waals surface area contributed by atoms with E-state index < -0.39 is 0 Å². The van der Waals surface area contributed by atoms with E-state index in [1.54, 1.807) is 7.11 Å². The lowest BCUT2D eigenvalue weighted by atomic mass is 9.97. The minimum atomic E-state index is 0.263. The first-order valence-corrected chi connectivity index (χ1v) is 6.32. The molecular formula is C12H26N2O2. The molecule has 0 aromatic rings. The van der Waals surface area contributed by atoms with E-state index in [9.17, 15) is 0 Å². The van der Waals surface area contributed by atoms with Gasteiger partial charge in [0.15, 0.2) is 0 Å². The first-order chi connectivity index (χ1) is 7.75. The Morgan fingerprint density at radius 3 is 2.81 bits per heavy atom. The Morgan fingerprint density at radius 2 is 2.12 bits per heavy atom. The van der Waals surface area contributed by atoms with E-state index in [0.29, 0.717) is 19.3 Å². The predicted octanol–water partition coefficient (Wildman–Crippen LogP) is 0.851. The zero-order chi connectivity index (χ0) is 11.8. The van der Waals surface area contributed by atoms with Gasteiger partial charge in [0.05, 0.1) is 19.8 Å². The van der Waals surface area contributed by atoms with E-state index in [0.717, 1.165) is 13.2 Å². The Morgan fingerprint density at radius 1 is 1.31 bits per heavy atom. The summed E-state index contributed by atoms with van der Waals surface area (Å²) < 4.78 is 10.4. The van der Waals surface area contributed by atoms with Crippen LogP contribution in [-0.4, -0.2) is 57.0 Å². The van der Waals surface area contributed by atoms with Crippen molar-refractivity contribution in [3.8, 4) is 0 Å². The van der Waals surface area contributed by atoms with Gasteiger partial charge < -0.3 is 15.2 Å². The molecule has 0 bridgehead atoms. The van der Waals surface area contributed by atoms with Gasteiger partial charge in [-0.1, -0.05) is 6.42 Å². The van der Waals surface area contributed by atoms with Crippen molar-refractivity contribution in [2.45, 2.75) is 38.3 Å². The lowest BCUT2D eigenvalue weighted by Crippen LogP contribution is -2.50. The molecule has 4 heteroatoms. The van der Waals surface area contributed by atoms with Crippen LogP contribution < -0.4 is 5.73 Å². The molecule has 4 nitrogen and oxygen atoms in total. The van der Waals surface area contributed by atoms with Crippen LogP contribution in [0, 0.1) is 0 Å². The number of piperidine rings is 1. The summed E-state index contributed by atoms with van der Waals surface area (Å²) in [5.74, 6) is 0. The highest BCUT2D eigenvalue weighted by atomic mass is 16.5. The molecule has 0 spiro atoms. The van der Waals surface area contributed by atoms with Crippen LogP contribution in [0.2, 0.25) is 0 Å². The lowest BCUT2D eigenvalue weighted by Gasteiger charge is -2.37. The van der Waals surface area contributed by atoms with Gasteiger partial charge in [-0.05, 0) is 26.3 Å². The van der Waals surface area contributed by atoms with Gasteiger partial charge in [-0.15, -0.1) is 0 Å². The summed E-state index contributed by atoms with van der Waals surface area (Å²) in [7, 11) is 1.69. The number of hydrogen-bond donors (Lipinski definition) is 1. The molecule has 1 fully saturated rings. The zero-order valence-corrected chi connectivity index (χ0v) is 10.7. The lowest BCUT2D eigenvalue weighted by molar-refractivity contribution is 0.0392. The van der Waals surface area contributed by atoms with Gasteiger partial charge in [0.2, 0.25) is 0 Å². The number of hydrogen-bond acceptors (Lipinski definition) is 4. The smallest absolute Gasteiger partial charge is 0.0700 e. The highest BCUT2D eigenvalue weighted by Gasteiger charge is 2.24. The molecule has 96 valence electrons. The fraction of sp³-hybridized carbons (Fsp3) is 1.00. The van der Waals surface area contributed by atoms with E-state index in [2.05, 4.69) is 11.8 Å². The average Bonchev–Trinajstić information content (AvgIpc) is 2.29. The molecule has 1 aliphatic heterocycles. The van der Waals surface area contributed by atoms with E-state index >= 15 is 0 Å². The van der Waals surface area contributed by atoms with E-state index in [4.69, 9.17) is 15.2 Å². The number of ether oxygens (including phenoxy) is 2. The summed E-state index contributed by atoms with van der Waals surface area (Å²) in [5, 5.41) is 0. The second-order valence-electron chi connectivity index (χ2n) is 4.56. The van der Waals surface area contributed by atoms with Crippen molar-refractivity contribution < 1.29 is 9.47 Å². The molecule has 1 saturated heterocycles.